The number of carboxylic acid groups (broad SMARTS) is 1. The summed E-state index contributed by atoms with van der Waals surface area (Å²) < 4.78 is 38.2. The van der Waals surface area contributed by atoms with Crippen LogP contribution in [0.2, 0.25) is 16.6 Å². The topological polar surface area (TPSA) is 131 Å². The molecule has 1 aliphatic carbocycles. The lowest BCUT2D eigenvalue weighted by atomic mass is 10.0. The van der Waals surface area contributed by atoms with E-state index in [4.69, 9.17) is 14.3 Å². The molecule has 3 N–H and O–H groups in total. The van der Waals surface area contributed by atoms with Crippen LogP contribution in [-0.2, 0) is 19.2 Å². The number of hydrogen-bond acceptors (Lipinski definition) is 6. The highest BCUT2D eigenvalue weighted by molar-refractivity contribution is 7.90. The lowest BCUT2D eigenvalue weighted by Gasteiger charge is -2.45. The zero-order valence-electron chi connectivity index (χ0n) is 21.6. The van der Waals surface area contributed by atoms with E-state index >= 15 is 0 Å². The molecule has 0 spiro atoms. The second-order valence-electron chi connectivity index (χ2n) is 11.1. The Kier molecular flexibility index (Phi) is 10.3. The summed E-state index contributed by atoms with van der Waals surface area (Å²) in [7, 11) is -6.20. The molecule has 1 aliphatic rings. The van der Waals surface area contributed by atoms with Crippen molar-refractivity contribution in [3.8, 4) is 0 Å². The first kappa shape index (κ1) is 29.7. The van der Waals surface area contributed by atoms with Crippen molar-refractivity contribution in [1.82, 2.24) is 10.0 Å². The van der Waals surface area contributed by atoms with E-state index in [-0.39, 0.29) is 30.2 Å². The van der Waals surface area contributed by atoms with Crippen molar-refractivity contribution in [2.75, 3.05) is 5.75 Å². The third kappa shape index (κ3) is 8.75. The highest BCUT2D eigenvalue weighted by Gasteiger charge is 2.49. The van der Waals surface area contributed by atoms with Crippen LogP contribution >= 0.6 is 0 Å². The molecule has 0 heterocycles. The summed E-state index contributed by atoms with van der Waals surface area (Å²) in [6.07, 6.45) is -0.957. The van der Waals surface area contributed by atoms with E-state index in [1.807, 2.05) is 0 Å². The number of ether oxygens (including phenoxy) is 1. The molecule has 0 aromatic rings. The van der Waals surface area contributed by atoms with Crippen LogP contribution in [0.1, 0.15) is 81.6 Å². The molecule has 33 heavy (non-hydrogen) atoms. The van der Waals surface area contributed by atoms with Crippen LogP contribution in [0.5, 0.6) is 0 Å². The number of alkyl carbamates (subject to hydrolysis) is 1. The Morgan fingerprint density at radius 3 is 1.97 bits per heavy atom. The lowest BCUT2D eigenvalue weighted by Crippen LogP contribution is -2.51. The van der Waals surface area contributed by atoms with E-state index < -0.39 is 36.1 Å². The first-order chi connectivity index (χ1) is 14.9. The number of carbonyl (C=O) groups excluding carboxylic acids is 1. The van der Waals surface area contributed by atoms with Gasteiger partial charge in [0.1, 0.15) is 5.60 Å². The molecular formula is C22H44N2O7SSi. The third-order valence-corrected chi connectivity index (χ3v) is 13.8. The Hall–Kier alpha value is -1.33. The number of rotatable bonds is 10. The van der Waals surface area contributed by atoms with Crippen molar-refractivity contribution in [3.05, 3.63) is 0 Å². The molecule has 0 bridgehead atoms. The zero-order chi connectivity index (χ0) is 25.8. The molecule has 0 aromatic carbocycles. The van der Waals surface area contributed by atoms with E-state index in [0.717, 1.165) is 0 Å². The first-order valence-corrected chi connectivity index (χ1v) is 15.6. The number of carbonyl (C=O) groups is 2. The first-order valence-electron chi connectivity index (χ1n) is 11.8. The molecule has 0 aliphatic heterocycles. The fraction of sp³-hybridized carbons (Fsp3) is 0.909. The van der Waals surface area contributed by atoms with Crippen LogP contribution in [0, 0.1) is 5.92 Å². The maximum atomic E-state index is 12.3. The van der Waals surface area contributed by atoms with Gasteiger partial charge in [-0.1, -0.05) is 41.5 Å². The van der Waals surface area contributed by atoms with E-state index in [2.05, 4.69) is 46.9 Å². The van der Waals surface area contributed by atoms with E-state index in [9.17, 15) is 18.0 Å². The third-order valence-electron chi connectivity index (χ3n) is 6.41. The standard InChI is InChI=1S/C22H44N2O7SSi/c1-14(2)33(15(3)4,16(5)6)31-19-13-18(23-21(27)30-22(7,8)9)12-17(19)10-11-32(28,29)24-20(25)26/h14-19,24H,10-13H2,1-9H3,(H,23,27)(H,25,26)/t17-,18+,19-/m0/s1. The minimum atomic E-state index is -3.95. The summed E-state index contributed by atoms with van der Waals surface area (Å²) in [5.74, 6) is -0.443. The molecule has 1 fully saturated rings. The van der Waals surface area contributed by atoms with Gasteiger partial charge in [-0.25, -0.2) is 22.7 Å². The minimum absolute atomic E-state index is 0.126. The second-order valence-corrected chi connectivity index (χ2v) is 18.3. The molecule has 3 atom stereocenters. The van der Waals surface area contributed by atoms with Gasteiger partial charge < -0.3 is 19.6 Å². The van der Waals surface area contributed by atoms with Crippen LogP contribution < -0.4 is 10.0 Å². The predicted octanol–water partition coefficient (Wildman–Crippen LogP) is 4.84. The smallest absolute Gasteiger partial charge is 0.418 e. The Labute approximate surface area is 200 Å². The Morgan fingerprint density at radius 2 is 1.55 bits per heavy atom. The highest BCUT2D eigenvalue weighted by atomic mass is 32.2. The van der Waals surface area contributed by atoms with Crippen molar-refractivity contribution in [2.45, 2.75) is 116 Å². The van der Waals surface area contributed by atoms with Crippen LogP contribution in [0.3, 0.4) is 0 Å². The monoisotopic (exact) mass is 508 g/mol. The van der Waals surface area contributed by atoms with Gasteiger partial charge in [0, 0.05) is 12.1 Å². The van der Waals surface area contributed by atoms with Crippen molar-refractivity contribution in [2.24, 2.45) is 5.92 Å². The van der Waals surface area contributed by atoms with Gasteiger partial charge in [0.2, 0.25) is 18.3 Å². The average molecular weight is 509 g/mol. The van der Waals surface area contributed by atoms with E-state index in [0.29, 0.717) is 29.5 Å². The maximum absolute atomic E-state index is 12.3. The summed E-state index contributed by atoms with van der Waals surface area (Å²) in [5, 5.41) is 11.7. The predicted molar refractivity (Wildman–Crippen MR) is 131 cm³/mol. The molecule has 1 saturated carbocycles. The number of amides is 2. The van der Waals surface area contributed by atoms with Crippen LogP contribution in [0.4, 0.5) is 9.59 Å². The molecule has 0 unspecified atom stereocenters. The van der Waals surface area contributed by atoms with Gasteiger partial charge in [0.25, 0.3) is 0 Å². The summed E-state index contributed by atoms with van der Waals surface area (Å²) in [6, 6.07) is -0.205. The Morgan fingerprint density at radius 1 is 1.03 bits per heavy atom. The maximum Gasteiger partial charge on any atom is 0.418 e. The summed E-state index contributed by atoms with van der Waals surface area (Å²) in [5.41, 5.74) is 0.444. The van der Waals surface area contributed by atoms with Crippen LogP contribution in [0.25, 0.3) is 0 Å². The summed E-state index contributed by atoms with van der Waals surface area (Å²) in [4.78, 5) is 23.1. The fourth-order valence-corrected chi connectivity index (χ4v) is 11.9. The van der Waals surface area contributed by atoms with Gasteiger partial charge in [0.15, 0.2) is 0 Å². The van der Waals surface area contributed by atoms with Crippen molar-refractivity contribution >= 4 is 30.5 Å². The van der Waals surface area contributed by atoms with Crippen molar-refractivity contribution in [1.29, 1.82) is 0 Å². The minimum Gasteiger partial charge on any atom is -0.464 e. The zero-order valence-corrected chi connectivity index (χ0v) is 23.4. The number of hydrogen-bond donors (Lipinski definition) is 3. The molecule has 194 valence electrons. The Bertz CT molecular complexity index is 756. The van der Waals surface area contributed by atoms with Gasteiger partial charge in [-0.15, -0.1) is 0 Å². The number of nitrogens with one attached hydrogen (secondary N) is 2. The van der Waals surface area contributed by atoms with E-state index in [1.165, 1.54) is 0 Å². The Balaban J connectivity index is 3.11. The van der Waals surface area contributed by atoms with Gasteiger partial charge in [-0.3, -0.25) is 0 Å². The largest absolute Gasteiger partial charge is 0.464 e. The quantitative estimate of drug-likeness (QED) is 0.360. The van der Waals surface area contributed by atoms with E-state index in [1.54, 1.807) is 25.5 Å². The molecule has 0 aromatic heterocycles. The normalized spacial score (nSPS) is 22.1. The van der Waals surface area contributed by atoms with Gasteiger partial charge in [-0.2, -0.15) is 0 Å². The molecule has 0 radical (unpaired) electrons. The van der Waals surface area contributed by atoms with Gasteiger partial charge >= 0.3 is 12.2 Å². The molecule has 11 heteroatoms. The van der Waals surface area contributed by atoms with Crippen LogP contribution in [0.15, 0.2) is 0 Å². The average Bonchev–Trinajstić information content (AvgIpc) is 2.95. The van der Waals surface area contributed by atoms with Crippen molar-refractivity contribution in [3.63, 3.8) is 0 Å². The fourth-order valence-electron chi connectivity index (χ4n) is 5.29. The lowest BCUT2D eigenvalue weighted by molar-refractivity contribution is 0.0502. The molecule has 2 amide bonds. The number of sulfonamides is 1. The second kappa shape index (κ2) is 11.4. The molecule has 1 rings (SSSR count). The summed E-state index contributed by atoms with van der Waals surface area (Å²) >= 11 is 0. The van der Waals surface area contributed by atoms with Gasteiger partial charge in [0.05, 0.1) is 5.75 Å². The molecular weight excluding hydrogens is 464 g/mol. The van der Waals surface area contributed by atoms with Crippen LogP contribution in [-0.4, -0.2) is 57.5 Å². The highest BCUT2D eigenvalue weighted by Crippen LogP contribution is 2.46. The molecule has 9 nitrogen and oxygen atoms in total. The summed E-state index contributed by atoms with van der Waals surface area (Å²) in [6.45, 7) is 18.5. The van der Waals surface area contributed by atoms with Crippen molar-refractivity contribution < 1.29 is 32.3 Å². The molecule has 0 saturated heterocycles. The SMILES string of the molecule is CC(C)[Si](O[C@H]1C[C@H](NC(=O)OC(C)(C)C)C[C@@H]1CCS(=O)(=O)NC(=O)O)(C(C)C)C(C)C. The van der Waals surface area contributed by atoms with Gasteiger partial charge in [-0.05, 0) is 62.6 Å².